The first-order valence-corrected chi connectivity index (χ1v) is 8.75. The van der Waals surface area contributed by atoms with Crippen LogP contribution in [0.2, 0.25) is 0 Å². The van der Waals surface area contributed by atoms with E-state index in [0.717, 1.165) is 11.5 Å². The summed E-state index contributed by atoms with van der Waals surface area (Å²) in [6.07, 6.45) is 5.95. The molecule has 1 spiro atoms. The predicted octanol–water partition coefficient (Wildman–Crippen LogP) is 2.82. The van der Waals surface area contributed by atoms with Gasteiger partial charge in [-0.25, -0.2) is 0 Å². The molecule has 2 saturated heterocycles. The molecule has 0 aromatic rings. The van der Waals surface area contributed by atoms with E-state index in [1.165, 1.54) is 65.0 Å². The fourth-order valence-electron chi connectivity index (χ4n) is 2.97. The van der Waals surface area contributed by atoms with Crippen molar-refractivity contribution in [3.8, 4) is 0 Å². The van der Waals surface area contributed by atoms with Crippen LogP contribution in [0.3, 0.4) is 0 Å². The molecule has 1 aliphatic carbocycles. The van der Waals surface area contributed by atoms with Crippen LogP contribution in [0.15, 0.2) is 0 Å². The van der Waals surface area contributed by atoms with Crippen LogP contribution in [-0.2, 0) is 0 Å². The van der Waals surface area contributed by atoms with E-state index in [0.29, 0.717) is 0 Å². The van der Waals surface area contributed by atoms with Crippen molar-refractivity contribution in [2.24, 2.45) is 5.41 Å². The molecule has 0 unspecified atom stereocenters. The van der Waals surface area contributed by atoms with Gasteiger partial charge in [-0.3, -0.25) is 4.90 Å². The normalized spacial score (nSPS) is 25.5. The molecule has 3 aliphatic rings. The van der Waals surface area contributed by atoms with Gasteiger partial charge in [0.25, 0.3) is 0 Å². The average Bonchev–Trinajstić information content (AvgIpc) is 3.22. The standard InChI is InChI=1S/C8H18N2.C7H13N.C2H6/c1-8(2)10-6-4-9(3)5-7-10;1-2-7(1)3-5-8-6-4-7;1-2/h8H,4-7H2,1-3H3;8H,1-6H2;1-2H3. The average molecular weight is 284 g/mol. The summed E-state index contributed by atoms with van der Waals surface area (Å²) in [5.74, 6) is 0. The molecular weight excluding hydrogens is 246 g/mol. The number of piperidine rings is 1. The van der Waals surface area contributed by atoms with Gasteiger partial charge in [0, 0.05) is 32.2 Å². The van der Waals surface area contributed by atoms with Crippen LogP contribution in [0.5, 0.6) is 0 Å². The van der Waals surface area contributed by atoms with Crippen molar-refractivity contribution >= 4 is 0 Å². The van der Waals surface area contributed by atoms with Crippen molar-refractivity contribution in [2.75, 3.05) is 46.3 Å². The van der Waals surface area contributed by atoms with Gasteiger partial charge in [-0.05, 0) is 65.1 Å². The highest BCUT2D eigenvalue weighted by Crippen LogP contribution is 2.52. The fourth-order valence-corrected chi connectivity index (χ4v) is 2.97. The third kappa shape index (κ3) is 6.11. The van der Waals surface area contributed by atoms with Gasteiger partial charge in [0.1, 0.15) is 0 Å². The largest absolute Gasteiger partial charge is 0.317 e. The second-order valence-corrected chi connectivity index (χ2v) is 6.68. The van der Waals surface area contributed by atoms with Gasteiger partial charge < -0.3 is 10.2 Å². The van der Waals surface area contributed by atoms with Crippen molar-refractivity contribution in [2.45, 2.75) is 59.4 Å². The van der Waals surface area contributed by atoms with Crippen LogP contribution >= 0.6 is 0 Å². The maximum Gasteiger partial charge on any atom is 0.0112 e. The van der Waals surface area contributed by atoms with E-state index in [4.69, 9.17) is 0 Å². The molecule has 0 radical (unpaired) electrons. The van der Waals surface area contributed by atoms with E-state index in [2.05, 4.69) is 36.0 Å². The zero-order valence-corrected chi connectivity index (χ0v) is 14.5. The number of nitrogens with zero attached hydrogens (tertiary/aromatic N) is 2. The second-order valence-electron chi connectivity index (χ2n) is 6.68. The molecule has 1 N–H and O–H groups in total. The molecule has 0 aromatic carbocycles. The Kier molecular flexibility index (Phi) is 8.08. The van der Waals surface area contributed by atoms with E-state index in [1.807, 2.05) is 13.8 Å². The van der Waals surface area contributed by atoms with Crippen LogP contribution in [0.4, 0.5) is 0 Å². The molecule has 20 heavy (non-hydrogen) atoms. The summed E-state index contributed by atoms with van der Waals surface area (Å²) in [4.78, 5) is 4.92. The lowest BCUT2D eigenvalue weighted by molar-refractivity contribution is 0.126. The minimum atomic E-state index is 0.730. The monoisotopic (exact) mass is 283 g/mol. The number of hydrogen-bond acceptors (Lipinski definition) is 3. The zero-order chi connectivity index (χ0) is 15.0. The topological polar surface area (TPSA) is 18.5 Å². The smallest absolute Gasteiger partial charge is 0.0112 e. The third-order valence-corrected chi connectivity index (χ3v) is 4.89. The molecule has 0 amide bonds. The van der Waals surface area contributed by atoms with Gasteiger partial charge in [-0.15, -0.1) is 0 Å². The Morgan fingerprint density at radius 3 is 1.70 bits per heavy atom. The van der Waals surface area contributed by atoms with E-state index in [9.17, 15) is 0 Å². The highest BCUT2D eigenvalue weighted by molar-refractivity contribution is 4.95. The van der Waals surface area contributed by atoms with Crippen LogP contribution < -0.4 is 5.32 Å². The first kappa shape index (κ1) is 17.9. The van der Waals surface area contributed by atoms with Crippen LogP contribution in [0, 0.1) is 5.41 Å². The Morgan fingerprint density at radius 2 is 1.35 bits per heavy atom. The Hall–Kier alpha value is -0.120. The van der Waals surface area contributed by atoms with Gasteiger partial charge in [0.15, 0.2) is 0 Å². The molecule has 1 saturated carbocycles. The minimum absolute atomic E-state index is 0.730. The Bertz CT molecular complexity index is 233. The van der Waals surface area contributed by atoms with Crippen molar-refractivity contribution < 1.29 is 0 Å². The number of nitrogens with one attached hydrogen (secondary N) is 1. The van der Waals surface area contributed by atoms with Crippen LogP contribution in [0.25, 0.3) is 0 Å². The van der Waals surface area contributed by atoms with E-state index in [1.54, 1.807) is 0 Å². The van der Waals surface area contributed by atoms with Crippen molar-refractivity contribution in [3.63, 3.8) is 0 Å². The summed E-state index contributed by atoms with van der Waals surface area (Å²) in [7, 11) is 2.19. The van der Waals surface area contributed by atoms with Crippen molar-refractivity contribution in [3.05, 3.63) is 0 Å². The third-order valence-electron chi connectivity index (χ3n) is 4.89. The predicted molar refractivity (Wildman–Crippen MR) is 89.3 cm³/mol. The van der Waals surface area contributed by atoms with Crippen molar-refractivity contribution in [1.29, 1.82) is 0 Å². The lowest BCUT2D eigenvalue weighted by atomic mass is 9.95. The molecular formula is C17H37N3. The molecule has 0 bridgehead atoms. The summed E-state index contributed by atoms with van der Waals surface area (Å²) in [5.41, 5.74) is 0.866. The lowest BCUT2D eigenvalue weighted by Gasteiger charge is -2.34. The summed E-state index contributed by atoms with van der Waals surface area (Å²) >= 11 is 0. The molecule has 2 heterocycles. The Morgan fingerprint density at radius 1 is 0.850 bits per heavy atom. The van der Waals surface area contributed by atoms with Crippen LogP contribution in [0.1, 0.15) is 53.4 Å². The number of rotatable bonds is 1. The first-order chi connectivity index (χ1) is 9.61. The Labute approximate surface area is 127 Å². The van der Waals surface area contributed by atoms with Crippen LogP contribution in [-0.4, -0.2) is 62.2 Å². The van der Waals surface area contributed by atoms with E-state index < -0.39 is 0 Å². The lowest BCUT2D eigenvalue weighted by Crippen LogP contribution is -2.47. The number of piperazine rings is 1. The minimum Gasteiger partial charge on any atom is -0.317 e. The summed E-state index contributed by atoms with van der Waals surface area (Å²) in [6, 6.07) is 0.730. The van der Waals surface area contributed by atoms with Gasteiger partial charge >= 0.3 is 0 Å². The van der Waals surface area contributed by atoms with Crippen molar-refractivity contribution in [1.82, 2.24) is 15.1 Å². The molecule has 2 aliphatic heterocycles. The quantitative estimate of drug-likeness (QED) is 0.798. The number of likely N-dealkylation sites (N-methyl/N-ethyl adjacent to an activating group) is 1. The summed E-state index contributed by atoms with van der Waals surface area (Å²) in [5, 5.41) is 3.38. The highest BCUT2D eigenvalue weighted by atomic mass is 15.3. The maximum absolute atomic E-state index is 3.38. The molecule has 3 nitrogen and oxygen atoms in total. The number of hydrogen-bond donors (Lipinski definition) is 1. The maximum atomic E-state index is 3.38. The second kappa shape index (κ2) is 9.01. The van der Waals surface area contributed by atoms with Gasteiger partial charge in [-0.2, -0.15) is 0 Å². The molecule has 120 valence electrons. The highest BCUT2D eigenvalue weighted by Gasteiger charge is 2.42. The molecule has 0 aromatic heterocycles. The SMILES string of the molecule is C1CC2(CCN1)CC2.CC.CC(C)N1CCN(C)CC1. The van der Waals surface area contributed by atoms with E-state index in [-0.39, 0.29) is 0 Å². The molecule has 0 atom stereocenters. The van der Waals surface area contributed by atoms with Gasteiger partial charge in [0.05, 0.1) is 0 Å². The molecule has 3 heteroatoms. The Balaban J connectivity index is 0.000000181. The van der Waals surface area contributed by atoms with Gasteiger partial charge in [-0.1, -0.05) is 13.8 Å². The molecule has 3 rings (SSSR count). The summed E-state index contributed by atoms with van der Waals surface area (Å²) < 4.78 is 0. The van der Waals surface area contributed by atoms with Gasteiger partial charge in [0.2, 0.25) is 0 Å². The molecule has 3 fully saturated rings. The fraction of sp³-hybridized carbons (Fsp3) is 1.00. The first-order valence-electron chi connectivity index (χ1n) is 8.75. The summed E-state index contributed by atoms with van der Waals surface area (Å²) in [6.45, 7) is 16.1. The van der Waals surface area contributed by atoms with E-state index >= 15 is 0 Å². The zero-order valence-electron chi connectivity index (χ0n) is 14.5.